The van der Waals surface area contributed by atoms with Crippen molar-refractivity contribution < 1.29 is 9.59 Å². The third-order valence-electron chi connectivity index (χ3n) is 4.29. The van der Waals surface area contributed by atoms with Crippen molar-refractivity contribution in [3.63, 3.8) is 0 Å². The molecule has 0 saturated heterocycles. The maximum Gasteiger partial charge on any atom is 0.240 e. The van der Waals surface area contributed by atoms with Gasteiger partial charge in [-0.05, 0) is 43.0 Å². The van der Waals surface area contributed by atoms with Gasteiger partial charge in [0.25, 0.3) is 0 Å². The minimum absolute atomic E-state index is 0.0340. The Hall–Kier alpha value is -2.37. The van der Waals surface area contributed by atoms with Crippen LogP contribution in [0.15, 0.2) is 47.6 Å². The van der Waals surface area contributed by atoms with E-state index in [1.54, 1.807) is 18.2 Å². The first-order chi connectivity index (χ1) is 13.0. The number of hydrazone groups is 1. The lowest BCUT2D eigenvalue weighted by atomic mass is 9.90. The van der Waals surface area contributed by atoms with Crippen molar-refractivity contribution in [3.05, 3.63) is 63.6 Å². The average molecular weight is 404 g/mol. The molecule has 5 nitrogen and oxygen atoms in total. The van der Waals surface area contributed by atoms with Crippen LogP contribution >= 0.6 is 23.2 Å². The molecule has 0 heterocycles. The Kier molecular flexibility index (Phi) is 6.48. The number of fused-ring (bicyclic) bond motifs is 1. The predicted octanol–water partition coefficient (Wildman–Crippen LogP) is 4.57. The van der Waals surface area contributed by atoms with E-state index < -0.39 is 0 Å². The number of benzene rings is 2. The van der Waals surface area contributed by atoms with Crippen LogP contribution in [0.1, 0.15) is 36.8 Å². The molecule has 7 heteroatoms. The molecule has 1 aliphatic rings. The normalized spacial score (nSPS) is 14.5. The van der Waals surface area contributed by atoms with Crippen molar-refractivity contribution in [1.82, 2.24) is 5.43 Å². The number of hydrogen-bond acceptors (Lipinski definition) is 3. The third-order valence-corrected chi connectivity index (χ3v) is 4.84. The number of aryl methyl sites for hydroxylation is 1. The first-order valence-electron chi connectivity index (χ1n) is 8.71. The quantitative estimate of drug-likeness (QED) is 0.717. The number of carbonyl (C=O) groups is 2. The summed E-state index contributed by atoms with van der Waals surface area (Å²) in [5, 5.41) is 7.76. The van der Waals surface area contributed by atoms with Crippen LogP contribution in [0.5, 0.6) is 0 Å². The van der Waals surface area contributed by atoms with Crippen molar-refractivity contribution in [1.29, 1.82) is 0 Å². The number of rotatable bonds is 5. The number of halogens is 2. The highest BCUT2D eigenvalue weighted by molar-refractivity contribution is 6.36. The molecule has 0 saturated carbocycles. The highest BCUT2D eigenvalue weighted by Crippen LogP contribution is 2.25. The largest absolute Gasteiger partial charge is 0.325 e. The van der Waals surface area contributed by atoms with Crippen LogP contribution in [0.3, 0.4) is 0 Å². The van der Waals surface area contributed by atoms with Gasteiger partial charge in [-0.1, -0.05) is 47.5 Å². The smallest absolute Gasteiger partial charge is 0.240 e. The molecule has 140 valence electrons. The summed E-state index contributed by atoms with van der Waals surface area (Å²) in [6.07, 6.45) is 2.93. The minimum Gasteiger partial charge on any atom is -0.325 e. The van der Waals surface area contributed by atoms with Gasteiger partial charge in [-0.3, -0.25) is 9.59 Å². The maximum atomic E-state index is 12.0. The molecule has 1 aliphatic carbocycles. The van der Waals surface area contributed by atoms with Crippen LogP contribution in [0.4, 0.5) is 5.69 Å². The fraction of sp³-hybridized carbons (Fsp3) is 0.250. The Balaban J connectivity index is 1.51. The molecule has 2 aromatic carbocycles. The molecule has 27 heavy (non-hydrogen) atoms. The molecule has 0 fully saturated rings. The fourth-order valence-electron chi connectivity index (χ4n) is 2.93. The van der Waals surface area contributed by atoms with Gasteiger partial charge in [-0.2, -0.15) is 5.10 Å². The number of anilines is 1. The van der Waals surface area contributed by atoms with Gasteiger partial charge in [0.15, 0.2) is 0 Å². The summed E-state index contributed by atoms with van der Waals surface area (Å²) in [4.78, 5) is 24.0. The van der Waals surface area contributed by atoms with Gasteiger partial charge in [0.05, 0.1) is 16.4 Å². The average Bonchev–Trinajstić information content (AvgIpc) is 2.67. The molecular formula is C20H19Cl2N3O2. The Morgan fingerprint density at radius 3 is 2.59 bits per heavy atom. The van der Waals surface area contributed by atoms with Crippen LogP contribution in [0.25, 0.3) is 0 Å². The molecule has 0 bridgehead atoms. The van der Waals surface area contributed by atoms with Crippen molar-refractivity contribution in [2.75, 3.05) is 5.32 Å². The Bertz CT molecular complexity index is 897. The SMILES string of the molecule is O=C(CCC(=O)Nc1ccc(Cl)cc1Cl)N/N=C1/CCCc2ccccc21. The molecule has 0 radical (unpaired) electrons. The van der Waals surface area contributed by atoms with E-state index >= 15 is 0 Å². The van der Waals surface area contributed by atoms with Gasteiger partial charge >= 0.3 is 0 Å². The van der Waals surface area contributed by atoms with Gasteiger partial charge in [0.2, 0.25) is 11.8 Å². The second-order valence-corrected chi connectivity index (χ2v) is 7.12. The first kappa shape index (κ1) is 19.4. The van der Waals surface area contributed by atoms with E-state index in [1.807, 2.05) is 18.2 Å². The third kappa shape index (κ3) is 5.31. The second-order valence-electron chi connectivity index (χ2n) is 6.28. The summed E-state index contributed by atoms with van der Waals surface area (Å²) < 4.78 is 0. The number of nitrogens with one attached hydrogen (secondary N) is 2. The standard InChI is InChI=1S/C20H19Cl2N3O2/c21-14-8-9-18(16(22)12-14)23-19(26)10-11-20(27)25-24-17-7-3-5-13-4-1-2-6-15(13)17/h1-2,4,6,8-9,12H,3,5,7,10-11H2,(H,23,26)(H,25,27)/b24-17-. The zero-order chi connectivity index (χ0) is 19.2. The maximum absolute atomic E-state index is 12.0. The summed E-state index contributed by atoms with van der Waals surface area (Å²) in [5.74, 6) is -0.604. The molecule has 0 aromatic heterocycles. The predicted molar refractivity (Wildman–Crippen MR) is 108 cm³/mol. The van der Waals surface area contributed by atoms with E-state index in [0.29, 0.717) is 15.7 Å². The molecule has 3 rings (SSSR count). The highest BCUT2D eigenvalue weighted by atomic mass is 35.5. The summed E-state index contributed by atoms with van der Waals surface area (Å²) in [7, 11) is 0. The monoisotopic (exact) mass is 403 g/mol. The first-order valence-corrected chi connectivity index (χ1v) is 9.47. The molecule has 0 unspecified atom stereocenters. The van der Waals surface area contributed by atoms with Gasteiger partial charge in [-0.25, -0.2) is 5.43 Å². The van der Waals surface area contributed by atoms with E-state index in [0.717, 1.165) is 30.5 Å². The van der Waals surface area contributed by atoms with E-state index in [-0.39, 0.29) is 24.7 Å². The van der Waals surface area contributed by atoms with E-state index in [2.05, 4.69) is 21.9 Å². The van der Waals surface area contributed by atoms with Crippen LogP contribution in [-0.4, -0.2) is 17.5 Å². The second kappa shape index (κ2) is 9.02. The van der Waals surface area contributed by atoms with Gasteiger partial charge in [0.1, 0.15) is 0 Å². The van der Waals surface area contributed by atoms with Gasteiger partial charge < -0.3 is 5.32 Å². The van der Waals surface area contributed by atoms with Crippen molar-refractivity contribution in [3.8, 4) is 0 Å². The van der Waals surface area contributed by atoms with Crippen LogP contribution < -0.4 is 10.7 Å². The zero-order valence-corrected chi connectivity index (χ0v) is 16.1. The van der Waals surface area contributed by atoms with Gasteiger partial charge in [0, 0.05) is 23.4 Å². The Morgan fingerprint density at radius 2 is 1.78 bits per heavy atom. The molecule has 2 amide bonds. The molecule has 0 atom stereocenters. The zero-order valence-electron chi connectivity index (χ0n) is 14.6. The lowest BCUT2D eigenvalue weighted by molar-refractivity contribution is -0.124. The van der Waals surface area contributed by atoms with Crippen molar-refractivity contribution >= 4 is 46.4 Å². The minimum atomic E-state index is -0.303. The fourth-order valence-corrected chi connectivity index (χ4v) is 3.39. The van der Waals surface area contributed by atoms with Crippen molar-refractivity contribution in [2.45, 2.75) is 32.1 Å². The topological polar surface area (TPSA) is 70.6 Å². The lowest BCUT2D eigenvalue weighted by Crippen LogP contribution is -2.23. The number of amides is 2. The van der Waals surface area contributed by atoms with Crippen LogP contribution in [0, 0.1) is 0 Å². The number of nitrogens with zero attached hydrogens (tertiary/aromatic N) is 1. The summed E-state index contributed by atoms with van der Waals surface area (Å²) >= 11 is 11.8. The lowest BCUT2D eigenvalue weighted by Gasteiger charge is -2.17. The molecule has 0 spiro atoms. The Morgan fingerprint density at radius 1 is 1.00 bits per heavy atom. The molecule has 2 N–H and O–H groups in total. The van der Waals surface area contributed by atoms with Crippen LogP contribution in [0.2, 0.25) is 10.0 Å². The molecular weight excluding hydrogens is 385 g/mol. The molecule has 0 aliphatic heterocycles. The van der Waals surface area contributed by atoms with Crippen molar-refractivity contribution in [2.24, 2.45) is 5.10 Å². The van der Waals surface area contributed by atoms with Gasteiger partial charge in [-0.15, -0.1) is 0 Å². The summed E-state index contributed by atoms with van der Waals surface area (Å²) in [6, 6.07) is 12.9. The molecule has 2 aromatic rings. The Labute approximate surface area is 167 Å². The van der Waals surface area contributed by atoms with Crippen LogP contribution in [-0.2, 0) is 16.0 Å². The summed E-state index contributed by atoms with van der Waals surface area (Å²) in [5.41, 5.74) is 6.23. The summed E-state index contributed by atoms with van der Waals surface area (Å²) in [6.45, 7) is 0. The number of carbonyl (C=O) groups excluding carboxylic acids is 2. The number of hydrogen-bond donors (Lipinski definition) is 2. The van der Waals surface area contributed by atoms with E-state index in [1.165, 1.54) is 5.56 Å². The van der Waals surface area contributed by atoms with E-state index in [4.69, 9.17) is 23.2 Å². The van der Waals surface area contributed by atoms with E-state index in [9.17, 15) is 9.59 Å². The highest BCUT2D eigenvalue weighted by Gasteiger charge is 2.15.